The number of nitro benzene ring substituents is 1. The topological polar surface area (TPSA) is 147 Å². The Morgan fingerprint density at radius 3 is 2.62 bits per heavy atom. The first-order chi connectivity index (χ1) is 9.65. The van der Waals surface area contributed by atoms with Crippen LogP contribution in [0.4, 0.5) is 10.1 Å². The SMILES string of the molecule is O=C(O)C(O)CCNS(=O)(=O)c1ccc(F)c([N+](=O)[O-])c1. The van der Waals surface area contributed by atoms with E-state index >= 15 is 0 Å². The van der Waals surface area contributed by atoms with Crippen LogP contribution < -0.4 is 4.72 Å². The van der Waals surface area contributed by atoms with Crippen molar-refractivity contribution in [3.05, 3.63) is 34.1 Å². The van der Waals surface area contributed by atoms with Gasteiger partial charge in [-0.25, -0.2) is 17.9 Å². The highest BCUT2D eigenvalue weighted by molar-refractivity contribution is 7.89. The molecule has 1 aromatic carbocycles. The van der Waals surface area contributed by atoms with Crippen LogP contribution in [0.1, 0.15) is 6.42 Å². The molecule has 0 fully saturated rings. The molecular formula is C10H11FN2O7S. The summed E-state index contributed by atoms with van der Waals surface area (Å²) in [5.41, 5.74) is -0.997. The van der Waals surface area contributed by atoms with Crippen LogP contribution in [0.15, 0.2) is 23.1 Å². The van der Waals surface area contributed by atoms with E-state index in [4.69, 9.17) is 10.2 Å². The Morgan fingerprint density at radius 1 is 1.48 bits per heavy atom. The largest absolute Gasteiger partial charge is 0.479 e. The van der Waals surface area contributed by atoms with Crippen molar-refractivity contribution in [2.24, 2.45) is 0 Å². The van der Waals surface area contributed by atoms with Gasteiger partial charge in [0.05, 0.1) is 9.82 Å². The summed E-state index contributed by atoms with van der Waals surface area (Å²) in [7, 11) is -4.18. The quantitative estimate of drug-likeness (QED) is 0.467. The average Bonchev–Trinajstić information content (AvgIpc) is 2.38. The smallest absolute Gasteiger partial charge is 0.332 e. The molecule has 0 heterocycles. The van der Waals surface area contributed by atoms with E-state index < -0.39 is 56.4 Å². The van der Waals surface area contributed by atoms with Crippen molar-refractivity contribution in [1.29, 1.82) is 0 Å². The molecule has 3 N–H and O–H groups in total. The number of nitrogens with one attached hydrogen (secondary N) is 1. The molecule has 0 saturated carbocycles. The molecule has 0 radical (unpaired) electrons. The van der Waals surface area contributed by atoms with Crippen molar-refractivity contribution in [3.63, 3.8) is 0 Å². The van der Waals surface area contributed by atoms with Gasteiger partial charge < -0.3 is 10.2 Å². The van der Waals surface area contributed by atoms with Crippen molar-refractivity contribution < 1.29 is 32.7 Å². The highest BCUT2D eigenvalue weighted by Crippen LogP contribution is 2.21. The van der Waals surface area contributed by atoms with Crippen molar-refractivity contribution in [2.45, 2.75) is 17.4 Å². The highest BCUT2D eigenvalue weighted by atomic mass is 32.2. The van der Waals surface area contributed by atoms with Gasteiger partial charge >= 0.3 is 11.7 Å². The molecule has 1 rings (SSSR count). The molecule has 9 nitrogen and oxygen atoms in total. The number of aliphatic hydroxyl groups is 1. The molecule has 1 aromatic rings. The molecule has 0 spiro atoms. The number of carboxylic acids is 1. The first-order valence-corrected chi connectivity index (χ1v) is 6.98. The van der Waals surface area contributed by atoms with Crippen LogP contribution in [0.5, 0.6) is 0 Å². The van der Waals surface area contributed by atoms with Gasteiger partial charge in [0.15, 0.2) is 6.10 Å². The van der Waals surface area contributed by atoms with E-state index in [1.54, 1.807) is 0 Å². The zero-order chi connectivity index (χ0) is 16.2. The molecule has 116 valence electrons. The number of nitrogens with zero attached hydrogens (tertiary/aromatic N) is 1. The van der Waals surface area contributed by atoms with Crippen molar-refractivity contribution in [3.8, 4) is 0 Å². The maximum absolute atomic E-state index is 13.1. The number of carboxylic acid groups (broad SMARTS) is 1. The summed E-state index contributed by atoms with van der Waals surface area (Å²) in [5.74, 6) is -2.69. The van der Waals surface area contributed by atoms with Crippen LogP contribution in [0.2, 0.25) is 0 Å². The number of nitro groups is 1. The van der Waals surface area contributed by atoms with E-state index in [1.807, 2.05) is 4.72 Å². The lowest BCUT2D eigenvalue weighted by Gasteiger charge is -2.08. The van der Waals surface area contributed by atoms with Gasteiger partial charge in [-0.1, -0.05) is 0 Å². The Hall–Kier alpha value is -2.11. The Balaban J connectivity index is 2.86. The maximum atomic E-state index is 13.1. The zero-order valence-corrected chi connectivity index (χ0v) is 11.2. The molecule has 11 heteroatoms. The molecular weight excluding hydrogens is 311 g/mol. The number of hydrogen-bond acceptors (Lipinski definition) is 6. The van der Waals surface area contributed by atoms with E-state index in [0.29, 0.717) is 12.1 Å². The normalized spacial score (nSPS) is 12.9. The van der Waals surface area contributed by atoms with Gasteiger partial charge in [-0.05, 0) is 18.6 Å². The van der Waals surface area contributed by atoms with Crippen LogP contribution in [0.25, 0.3) is 0 Å². The van der Waals surface area contributed by atoms with Crippen molar-refractivity contribution in [1.82, 2.24) is 4.72 Å². The number of aliphatic carboxylic acids is 1. The number of hydrogen-bond donors (Lipinski definition) is 3. The van der Waals surface area contributed by atoms with Gasteiger partial charge in [0.2, 0.25) is 15.8 Å². The maximum Gasteiger partial charge on any atom is 0.332 e. The van der Waals surface area contributed by atoms with Crippen LogP contribution in [0.3, 0.4) is 0 Å². The third kappa shape index (κ3) is 4.44. The van der Waals surface area contributed by atoms with Gasteiger partial charge in [0, 0.05) is 12.6 Å². The molecule has 1 atom stereocenters. The second kappa shape index (κ2) is 6.56. The Morgan fingerprint density at radius 2 is 2.10 bits per heavy atom. The van der Waals surface area contributed by atoms with Crippen LogP contribution in [-0.2, 0) is 14.8 Å². The fourth-order valence-electron chi connectivity index (χ4n) is 1.34. The molecule has 1 unspecified atom stereocenters. The highest BCUT2D eigenvalue weighted by Gasteiger charge is 2.22. The second-order valence-electron chi connectivity index (χ2n) is 3.91. The number of aliphatic hydroxyl groups excluding tert-OH is 1. The number of rotatable bonds is 7. The van der Waals surface area contributed by atoms with E-state index in [9.17, 15) is 27.7 Å². The molecule has 0 aliphatic carbocycles. The first-order valence-electron chi connectivity index (χ1n) is 5.49. The summed E-state index contributed by atoms with van der Waals surface area (Å²) in [6, 6.07) is 2.02. The van der Waals surface area contributed by atoms with E-state index in [-0.39, 0.29) is 0 Å². The van der Waals surface area contributed by atoms with E-state index in [1.165, 1.54) is 0 Å². The summed E-state index contributed by atoms with van der Waals surface area (Å²) < 4.78 is 38.6. The summed E-state index contributed by atoms with van der Waals surface area (Å²) in [6.07, 6.45) is -2.13. The minimum atomic E-state index is -4.18. The first kappa shape index (κ1) is 16.9. The second-order valence-corrected chi connectivity index (χ2v) is 5.68. The molecule has 0 aromatic heterocycles. The molecule has 0 aliphatic rings. The van der Waals surface area contributed by atoms with Gasteiger partial charge in [0.25, 0.3) is 0 Å². The predicted octanol–water partition coefficient (Wildman–Crippen LogP) is -0.152. The molecule has 0 saturated heterocycles. The number of sulfonamides is 1. The standard InChI is InChI=1S/C10H11FN2O7S/c11-7-2-1-6(5-8(7)13(17)18)21(19,20)12-4-3-9(14)10(15)16/h1-2,5,9,12,14H,3-4H2,(H,15,16). The Labute approximate surface area is 118 Å². The van der Waals surface area contributed by atoms with Crippen LogP contribution >= 0.6 is 0 Å². The van der Waals surface area contributed by atoms with Gasteiger partial charge in [-0.3, -0.25) is 10.1 Å². The predicted molar refractivity (Wildman–Crippen MR) is 66.5 cm³/mol. The minimum absolute atomic E-state index is 0.391. The average molecular weight is 322 g/mol. The van der Waals surface area contributed by atoms with Gasteiger partial charge in [-0.15, -0.1) is 0 Å². The van der Waals surface area contributed by atoms with Crippen LogP contribution in [-0.4, -0.2) is 42.2 Å². The fraction of sp³-hybridized carbons (Fsp3) is 0.300. The number of benzene rings is 1. The fourth-order valence-corrected chi connectivity index (χ4v) is 2.40. The third-order valence-corrected chi connectivity index (χ3v) is 3.88. The Kier molecular flexibility index (Phi) is 5.29. The lowest BCUT2D eigenvalue weighted by Crippen LogP contribution is -2.30. The van der Waals surface area contributed by atoms with E-state index in [0.717, 1.165) is 6.07 Å². The zero-order valence-electron chi connectivity index (χ0n) is 10.4. The lowest BCUT2D eigenvalue weighted by atomic mass is 10.3. The van der Waals surface area contributed by atoms with Crippen LogP contribution in [0, 0.1) is 15.9 Å². The van der Waals surface area contributed by atoms with Gasteiger partial charge in [0.1, 0.15) is 0 Å². The third-order valence-electron chi connectivity index (χ3n) is 2.42. The summed E-state index contributed by atoms with van der Waals surface area (Å²) >= 11 is 0. The van der Waals surface area contributed by atoms with E-state index in [2.05, 4.69) is 0 Å². The summed E-state index contributed by atoms with van der Waals surface area (Å²) in [5, 5.41) is 27.9. The Bertz CT molecular complexity index is 661. The number of halogens is 1. The molecule has 0 amide bonds. The molecule has 0 bridgehead atoms. The van der Waals surface area contributed by atoms with Crippen molar-refractivity contribution >= 4 is 21.7 Å². The lowest BCUT2D eigenvalue weighted by molar-refractivity contribution is -0.387. The minimum Gasteiger partial charge on any atom is -0.479 e. The monoisotopic (exact) mass is 322 g/mol. The molecule has 0 aliphatic heterocycles. The molecule has 21 heavy (non-hydrogen) atoms. The number of carbonyl (C=O) groups is 1. The van der Waals surface area contributed by atoms with Gasteiger partial charge in [-0.2, -0.15) is 4.39 Å². The van der Waals surface area contributed by atoms with Crippen molar-refractivity contribution in [2.75, 3.05) is 6.54 Å². The summed E-state index contributed by atoms with van der Waals surface area (Å²) in [6.45, 7) is -0.402. The summed E-state index contributed by atoms with van der Waals surface area (Å²) in [4.78, 5) is 19.3.